The Morgan fingerprint density at radius 2 is 1.60 bits per heavy atom. The van der Waals surface area contributed by atoms with Crippen LogP contribution >= 0.6 is 0 Å². The maximum atomic E-state index is 11.8. The van der Waals surface area contributed by atoms with Crippen LogP contribution in [0.1, 0.15) is 5.56 Å². The summed E-state index contributed by atoms with van der Waals surface area (Å²) in [4.78, 5) is 23.4. The van der Waals surface area contributed by atoms with Gasteiger partial charge in [0.2, 0.25) is 5.91 Å². The molecule has 0 aliphatic carbocycles. The molecule has 0 unspecified atom stereocenters. The highest BCUT2D eigenvalue weighted by atomic mass is 16.5. The number of benzene rings is 3. The molecule has 5 heteroatoms. The van der Waals surface area contributed by atoms with E-state index in [0.717, 1.165) is 27.1 Å². The number of nitrogens with one attached hydrogen (secondary N) is 1. The van der Waals surface area contributed by atoms with E-state index < -0.39 is 17.9 Å². The number of carbonyl (C=O) groups excluding carboxylic acids is 1. The first kappa shape index (κ1) is 16.9. The summed E-state index contributed by atoms with van der Waals surface area (Å²) >= 11 is 0. The number of carboxylic acid groups (broad SMARTS) is 1. The number of carbonyl (C=O) groups is 2. The van der Waals surface area contributed by atoms with Crippen molar-refractivity contribution in [1.29, 1.82) is 0 Å². The van der Waals surface area contributed by atoms with Gasteiger partial charge in [-0.05, 0) is 33.2 Å². The Morgan fingerprint density at radius 3 is 2.12 bits per heavy atom. The summed E-state index contributed by atoms with van der Waals surface area (Å²) in [6, 6.07) is 16.8. The van der Waals surface area contributed by atoms with Gasteiger partial charge in [-0.1, -0.05) is 48.5 Å². The van der Waals surface area contributed by atoms with Crippen molar-refractivity contribution in [3.8, 4) is 0 Å². The Labute approximate surface area is 145 Å². The van der Waals surface area contributed by atoms with E-state index in [0.29, 0.717) is 0 Å². The first-order chi connectivity index (χ1) is 12.1. The van der Waals surface area contributed by atoms with E-state index in [4.69, 9.17) is 4.74 Å². The van der Waals surface area contributed by atoms with Crippen LogP contribution in [0.4, 0.5) is 0 Å². The largest absolute Gasteiger partial charge is 0.480 e. The molecule has 3 aromatic carbocycles. The molecule has 0 aromatic heterocycles. The maximum Gasteiger partial charge on any atom is 0.326 e. The molecule has 0 saturated carbocycles. The molecular formula is C20H19NO4. The Morgan fingerprint density at radius 1 is 1.04 bits per heavy atom. The van der Waals surface area contributed by atoms with Crippen LogP contribution in [0.5, 0.6) is 0 Å². The highest BCUT2D eigenvalue weighted by Gasteiger charge is 2.22. The van der Waals surface area contributed by atoms with Crippen LogP contribution in [0.15, 0.2) is 54.6 Å². The van der Waals surface area contributed by atoms with Crippen LogP contribution < -0.4 is 5.32 Å². The Bertz CT molecular complexity index is 881. The molecule has 2 N–H and O–H groups in total. The quantitative estimate of drug-likeness (QED) is 0.678. The molecule has 0 spiro atoms. The van der Waals surface area contributed by atoms with E-state index in [-0.39, 0.29) is 13.0 Å². The summed E-state index contributed by atoms with van der Waals surface area (Å²) in [6.45, 7) is -0.167. The minimum Gasteiger partial charge on any atom is -0.480 e. The summed E-state index contributed by atoms with van der Waals surface area (Å²) in [5.74, 6) is -1.51. The molecule has 128 valence electrons. The van der Waals surface area contributed by atoms with Crippen molar-refractivity contribution in [2.75, 3.05) is 13.7 Å². The van der Waals surface area contributed by atoms with Gasteiger partial charge in [-0.2, -0.15) is 0 Å². The van der Waals surface area contributed by atoms with Crippen LogP contribution in [0.2, 0.25) is 0 Å². The monoisotopic (exact) mass is 337 g/mol. The number of amides is 1. The SMILES string of the molecule is COCC(=O)N[C@H](Cc1c2ccccc2cc2ccccc12)C(=O)O. The maximum absolute atomic E-state index is 11.8. The fourth-order valence-corrected chi connectivity index (χ4v) is 3.10. The lowest BCUT2D eigenvalue weighted by Crippen LogP contribution is -2.43. The van der Waals surface area contributed by atoms with Crippen molar-refractivity contribution in [2.24, 2.45) is 0 Å². The van der Waals surface area contributed by atoms with Crippen molar-refractivity contribution < 1.29 is 19.4 Å². The molecule has 0 heterocycles. The molecular weight excluding hydrogens is 318 g/mol. The number of fused-ring (bicyclic) bond motifs is 2. The normalized spacial score (nSPS) is 12.2. The average molecular weight is 337 g/mol. The van der Waals surface area contributed by atoms with Crippen LogP contribution in [-0.2, 0) is 20.7 Å². The zero-order valence-electron chi connectivity index (χ0n) is 13.9. The number of aliphatic carboxylic acids is 1. The van der Waals surface area contributed by atoms with Gasteiger partial charge in [0, 0.05) is 13.5 Å². The fraction of sp³-hybridized carbons (Fsp3) is 0.200. The molecule has 3 rings (SSSR count). The van der Waals surface area contributed by atoms with Crippen LogP contribution in [0.25, 0.3) is 21.5 Å². The average Bonchev–Trinajstić information content (AvgIpc) is 2.60. The molecule has 1 amide bonds. The van der Waals surface area contributed by atoms with Crippen LogP contribution in [0, 0.1) is 0 Å². The zero-order chi connectivity index (χ0) is 17.8. The molecule has 3 aromatic rings. The number of carboxylic acids is 1. The molecule has 0 fully saturated rings. The topological polar surface area (TPSA) is 75.6 Å². The molecule has 0 radical (unpaired) electrons. The third kappa shape index (κ3) is 3.61. The van der Waals surface area contributed by atoms with Gasteiger partial charge in [0.25, 0.3) is 0 Å². The zero-order valence-corrected chi connectivity index (χ0v) is 13.9. The van der Waals surface area contributed by atoms with E-state index in [1.165, 1.54) is 7.11 Å². The Balaban J connectivity index is 2.08. The van der Waals surface area contributed by atoms with Gasteiger partial charge < -0.3 is 15.2 Å². The van der Waals surface area contributed by atoms with Gasteiger partial charge in [-0.3, -0.25) is 4.79 Å². The van der Waals surface area contributed by atoms with Gasteiger partial charge in [-0.15, -0.1) is 0 Å². The van der Waals surface area contributed by atoms with Crippen molar-refractivity contribution in [3.63, 3.8) is 0 Å². The molecule has 0 saturated heterocycles. The van der Waals surface area contributed by atoms with E-state index >= 15 is 0 Å². The summed E-state index contributed by atoms with van der Waals surface area (Å²) in [6.07, 6.45) is 0.201. The second-order valence-electron chi connectivity index (χ2n) is 5.89. The van der Waals surface area contributed by atoms with E-state index in [1.54, 1.807) is 0 Å². The highest BCUT2D eigenvalue weighted by Crippen LogP contribution is 2.29. The summed E-state index contributed by atoms with van der Waals surface area (Å²) in [7, 11) is 1.40. The Kier molecular flexibility index (Phi) is 4.95. The molecule has 5 nitrogen and oxygen atoms in total. The lowest BCUT2D eigenvalue weighted by Gasteiger charge is -2.18. The van der Waals surface area contributed by atoms with E-state index in [9.17, 15) is 14.7 Å². The lowest BCUT2D eigenvalue weighted by molar-refractivity contribution is -0.142. The summed E-state index contributed by atoms with van der Waals surface area (Å²) in [5, 5.41) is 16.1. The minimum absolute atomic E-state index is 0.167. The molecule has 1 atom stereocenters. The number of ether oxygens (including phenoxy) is 1. The van der Waals surface area contributed by atoms with Gasteiger partial charge in [0.1, 0.15) is 12.6 Å². The third-order valence-corrected chi connectivity index (χ3v) is 4.20. The smallest absolute Gasteiger partial charge is 0.326 e. The van der Waals surface area contributed by atoms with Crippen molar-refractivity contribution >= 4 is 33.4 Å². The van der Waals surface area contributed by atoms with Gasteiger partial charge in [0.05, 0.1) is 0 Å². The van der Waals surface area contributed by atoms with Crippen molar-refractivity contribution in [3.05, 3.63) is 60.2 Å². The standard InChI is InChI=1S/C20H19NO4/c1-25-12-19(22)21-18(20(23)24)11-17-15-8-4-2-6-13(15)10-14-7-3-5-9-16(14)17/h2-10,18H,11-12H2,1H3,(H,21,22)(H,23,24)/t18-/m1/s1. The summed E-state index contributed by atoms with van der Waals surface area (Å²) < 4.78 is 4.77. The Hall–Kier alpha value is -2.92. The first-order valence-corrected chi connectivity index (χ1v) is 8.00. The van der Waals surface area contributed by atoms with E-state index in [2.05, 4.69) is 11.4 Å². The molecule has 0 aliphatic rings. The predicted octanol–water partition coefficient (Wildman–Crippen LogP) is 2.75. The van der Waals surface area contributed by atoms with Gasteiger partial charge in [-0.25, -0.2) is 4.79 Å². The predicted molar refractivity (Wildman–Crippen MR) is 96.6 cm³/mol. The van der Waals surface area contributed by atoms with Gasteiger partial charge >= 0.3 is 5.97 Å². The molecule has 0 bridgehead atoms. The third-order valence-electron chi connectivity index (χ3n) is 4.20. The van der Waals surface area contributed by atoms with Crippen molar-refractivity contribution in [1.82, 2.24) is 5.32 Å². The van der Waals surface area contributed by atoms with E-state index in [1.807, 2.05) is 48.5 Å². The fourth-order valence-electron chi connectivity index (χ4n) is 3.10. The molecule has 25 heavy (non-hydrogen) atoms. The van der Waals surface area contributed by atoms with Crippen LogP contribution in [0.3, 0.4) is 0 Å². The highest BCUT2D eigenvalue weighted by molar-refractivity contribution is 6.02. The first-order valence-electron chi connectivity index (χ1n) is 8.00. The van der Waals surface area contributed by atoms with Crippen molar-refractivity contribution in [2.45, 2.75) is 12.5 Å². The second kappa shape index (κ2) is 7.32. The number of hydrogen-bond acceptors (Lipinski definition) is 3. The molecule has 0 aliphatic heterocycles. The summed E-state index contributed by atoms with van der Waals surface area (Å²) in [5.41, 5.74) is 0.916. The number of methoxy groups -OCH3 is 1. The number of rotatable bonds is 6. The van der Waals surface area contributed by atoms with Gasteiger partial charge in [0.15, 0.2) is 0 Å². The number of hydrogen-bond donors (Lipinski definition) is 2. The minimum atomic E-state index is -1.07. The van der Waals surface area contributed by atoms with Crippen LogP contribution in [-0.4, -0.2) is 36.7 Å². The second-order valence-corrected chi connectivity index (χ2v) is 5.89. The lowest BCUT2D eigenvalue weighted by atomic mass is 9.92.